The largest absolute Gasteiger partial charge is 0.494 e. The zero-order valence-corrected chi connectivity index (χ0v) is 17.5. The predicted molar refractivity (Wildman–Crippen MR) is 119 cm³/mol. The number of carboxylic acids is 1. The lowest BCUT2D eigenvalue weighted by atomic mass is 10.1. The molecule has 0 aliphatic carbocycles. The Morgan fingerprint density at radius 3 is 2.30 bits per heavy atom. The Morgan fingerprint density at radius 2 is 1.67 bits per heavy atom. The molecule has 4 rings (SSSR count). The summed E-state index contributed by atoms with van der Waals surface area (Å²) in [4.78, 5) is 50.0. The number of rotatable bonds is 6. The van der Waals surface area contributed by atoms with Gasteiger partial charge in [-0.15, -0.1) is 0 Å². The summed E-state index contributed by atoms with van der Waals surface area (Å²) in [6.07, 6.45) is 3.10. The van der Waals surface area contributed by atoms with E-state index in [0.29, 0.717) is 29.4 Å². The van der Waals surface area contributed by atoms with Gasteiger partial charge in [-0.25, -0.2) is 14.5 Å². The normalized spacial score (nSPS) is 15.0. The van der Waals surface area contributed by atoms with Gasteiger partial charge in [0.25, 0.3) is 11.8 Å². The fourth-order valence-corrected chi connectivity index (χ4v) is 3.41. The number of aromatic nitrogens is 1. The van der Waals surface area contributed by atoms with Crippen molar-refractivity contribution in [1.29, 1.82) is 0 Å². The standard InChI is InChI=1S/C24H19N3O6/c1-2-33-19-11-9-17(10-12-19)27-22(29)20(21(28)25-24(27)32)14-18-4-3-13-26(18)16-7-5-15(6-8-16)23(30)31/h3-14H,2H2,1H3,(H,30,31)(H,25,28,32)/b20-14+. The van der Waals surface area contributed by atoms with E-state index in [1.54, 1.807) is 59.3 Å². The maximum atomic E-state index is 13.1. The Balaban J connectivity index is 1.67. The van der Waals surface area contributed by atoms with Crippen LogP contribution in [0.3, 0.4) is 0 Å². The number of barbiturate groups is 1. The smallest absolute Gasteiger partial charge is 0.335 e. The fourth-order valence-electron chi connectivity index (χ4n) is 3.41. The van der Waals surface area contributed by atoms with Gasteiger partial charge < -0.3 is 14.4 Å². The number of carboxylic acid groups (broad SMARTS) is 1. The lowest BCUT2D eigenvalue weighted by Gasteiger charge is -2.26. The summed E-state index contributed by atoms with van der Waals surface area (Å²) in [7, 11) is 0. The molecule has 2 aromatic carbocycles. The summed E-state index contributed by atoms with van der Waals surface area (Å²) >= 11 is 0. The van der Waals surface area contributed by atoms with Gasteiger partial charge in [-0.05, 0) is 73.7 Å². The second-order valence-corrected chi connectivity index (χ2v) is 7.04. The van der Waals surface area contributed by atoms with Gasteiger partial charge in [0.1, 0.15) is 11.3 Å². The van der Waals surface area contributed by atoms with Crippen molar-refractivity contribution >= 4 is 35.6 Å². The molecule has 2 heterocycles. The van der Waals surface area contributed by atoms with Crippen LogP contribution in [0, 0.1) is 0 Å². The van der Waals surface area contributed by atoms with Crippen molar-refractivity contribution < 1.29 is 29.0 Å². The molecular weight excluding hydrogens is 426 g/mol. The van der Waals surface area contributed by atoms with Gasteiger partial charge in [0.15, 0.2) is 0 Å². The number of urea groups is 1. The van der Waals surface area contributed by atoms with Crippen LogP contribution >= 0.6 is 0 Å². The minimum absolute atomic E-state index is 0.136. The van der Waals surface area contributed by atoms with E-state index in [-0.39, 0.29) is 11.1 Å². The average molecular weight is 445 g/mol. The summed E-state index contributed by atoms with van der Waals surface area (Å²) in [5.41, 5.74) is 1.35. The Kier molecular flexibility index (Phi) is 5.77. The molecule has 0 atom stereocenters. The van der Waals surface area contributed by atoms with E-state index >= 15 is 0 Å². The minimum Gasteiger partial charge on any atom is -0.494 e. The molecule has 2 N–H and O–H groups in total. The summed E-state index contributed by atoms with van der Waals surface area (Å²) in [5.74, 6) is -2.02. The van der Waals surface area contributed by atoms with Gasteiger partial charge in [0, 0.05) is 17.6 Å². The Morgan fingerprint density at radius 1 is 1.00 bits per heavy atom. The number of aromatic carboxylic acids is 1. The van der Waals surface area contributed by atoms with E-state index in [4.69, 9.17) is 9.84 Å². The van der Waals surface area contributed by atoms with E-state index in [1.165, 1.54) is 18.2 Å². The first-order valence-electron chi connectivity index (χ1n) is 10.0. The molecule has 33 heavy (non-hydrogen) atoms. The van der Waals surface area contributed by atoms with E-state index in [1.807, 2.05) is 6.92 Å². The summed E-state index contributed by atoms with van der Waals surface area (Å²) in [5, 5.41) is 11.3. The van der Waals surface area contributed by atoms with Crippen molar-refractivity contribution in [1.82, 2.24) is 9.88 Å². The molecule has 9 heteroatoms. The Labute approximate surface area is 188 Å². The minimum atomic E-state index is -1.04. The number of carbonyl (C=O) groups is 4. The third-order valence-corrected chi connectivity index (χ3v) is 4.97. The lowest BCUT2D eigenvalue weighted by Crippen LogP contribution is -2.54. The predicted octanol–water partition coefficient (Wildman–Crippen LogP) is 3.24. The number of amides is 4. The topological polar surface area (TPSA) is 118 Å². The van der Waals surface area contributed by atoms with Crippen molar-refractivity contribution in [3.63, 3.8) is 0 Å². The number of nitrogens with one attached hydrogen (secondary N) is 1. The molecule has 166 valence electrons. The summed E-state index contributed by atoms with van der Waals surface area (Å²) in [6, 6.07) is 15.1. The van der Waals surface area contributed by atoms with E-state index in [0.717, 1.165) is 4.90 Å². The maximum Gasteiger partial charge on any atom is 0.335 e. The van der Waals surface area contributed by atoms with Crippen LogP contribution in [0.2, 0.25) is 0 Å². The molecule has 1 aliphatic heterocycles. The van der Waals surface area contributed by atoms with Gasteiger partial charge in [-0.3, -0.25) is 14.9 Å². The van der Waals surface area contributed by atoms with Crippen LogP contribution in [0.5, 0.6) is 5.75 Å². The number of hydrogen-bond donors (Lipinski definition) is 2. The first-order chi connectivity index (χ1) is 15.9. The Hall–Kier alpha value is -4.66. The zero-order valence-electron chi connectivity index (χ0n) is 17.5. The van der Waals surface area contributed by atoms with E-state index in [2.05, 4.69) is 5.32 Å². The first kappa shape index (κ1) is 21.6. The molecular formula is C24H19N3O6. The summed E-state index contributed by atoms with van der Waals surface area (Å²) < 4.78 is 7.07. The molecule has 0 spiro atoms. The fraction of sp³-hybridized carbons (Fsp3) is 0.0833. The number of benzene rings is 2. The summed E-state index contributed by atoms with van der Waals surface area (Å²) in [6.45, 7) is 2.32. The quantitative estimate of drug-likeness (QED) is 0.444. The highest BCUT2D eigenvalue weighted by molar-refractivity contribution is 6.39. The van der Waals surface area contributed by atoms with Crippen molar-refractivity contribution in [3.8, 4) is 11.4 Å². The van der Waals surface area contributed by atoms with Crippen molar-refractivity contribution in [2.75, 3.05) is 11.5 Å². The molecule has 0 bridgehead atoms. The molecule has 4 amide bonds. The molecule has 1 aliphatic rings. The van der Waals surface area contributed by atoms with E-state index in [9.17, 15) is 19.2 Å². The molecule has 0 saturated carbocycles. The van der Waals surface area contributed by atoms with Crippen molar-refractivity contribution in [2.45, 2.75) is 6.92 Å². The third kappa shape index (κ3) is 4.24. The van der Waals surface area contributed by atoms with E-state index < -0.39 is 23.8 Å². The van der Waals surface area contributed by atoms with Crippen LogP contribution in [0.4, 0.5) is 10.5 Å². The second kappa shape index (κ2) is 8.83. The number of hydrogen-bond acceptors (Lipinski definition) is 5. The van der Waals surface area contributed by atoms with Crippen LogP contribution in [-0.4, -0.2) is 40.1 Å². The average Bonchev–Trinajstić information content (AvgIpc) is 3.26. The zero-order chi connectivity index (χ0) is 23.5. The van der Waals surface area contributed by atoms with Gasteiger partial charge in [-0.1, -0.05) is 0 Å². The Bertz CT molecular complexity index is 1270. The number of anilines is 1. The molecule has 9 nitrogen and oxygen atoms in total. The van der Waals surface area contributed by atoms with Crippen LogP contribution in [-0.2, 0) is 9.59 Å². The molecule has 1 saturated heterocycles. The van der Waals surface area contributed by atoms with Crippen molar-refractivity contribution in [3.05, 3.63) is 83.7 Å². The molecule has 0 radical (unpaired) electrons. The highest BCUT2D eigenvalue weighted by Gasteiger charge is 2.37. The van der Waals surface area contributed by atoms with Crippen LogP contribution in [0.1, 0.15) is 23.0 Å². The van der Waals surface area contributed by atoms with Crippen molar-refractivity contribution in [2.24, 2.45) is 0 Å². The molecule has 1 aromatic heterocycles. The van der Waals surface area contributed by atoms with Crippen LogP contribution in [0.15, 0.2) is 72.4 Å². The second-order valence-electron chi connectivity index (χ2n) is 7.04. The highest BCUT2D eigenvalue weighted by atomic mass is 16.5. The van der Waals surface area contributed by atoms with Gasteiger partial charge >= 0.3 is 12.0 Å². The third-order valence-electron chi connectivity index (χ3n) is 4.97. The van der Waals surface area contributed by atoms with Crippen LogP contribution in [0.25, 0.3) is 11.8 Å². The lowest BCUT2D eigenvalue weighted by molar-refractivity contribution is -0.122. The SMILES string of the molecule is CCOc1ccc(N2C(=O)NC(=O)/C(=C\c3cccn3-c3ccc(C(=O)O)cc3)C2=O)cc1. The number of nitrogens with zero attached hydrogens (tertiary/aromatic N) is 2. The van der Waals surface area contributed by atoms with Crippen LogP contribution < -0.4 is 15.0 Å². The molecule has 3 aromatic rings. The van der Waals surface area contributed by atoms with Gasteiger partial charge in [-0.2, -0.15) is 0 Å². The maximum absolute atomic E-state index is 13.1. The monoisotopic (exact) mass is 445 g/mol. The number of carbonyl (C=O) groups excluding carboxylic acids is 3. The number of ether oxygens (including phenoxy) is 1. The molecule has 0 unspecified atom stereocenters. The first-order valence-corrected chi connectivity index (χ1v) is 10.0. The van der Waals surface area contributed by atoms with Gasteiger partial charge in [0.05, 0.1) is 17.9 Å². The number of imide groups is 2. The van der Waals surface area contributed by atoms with Gasteiger partial charge in [0.2, 0.25) is 0 Å². The molecule has 1 fully saturated rings. The highest BCUT2D eigenvalue weighted by Crippen LogP contribution is 2.25.